The molecule has 0 N–H and O–H groups in total. The van der Waals surface area contributed by atoms with Crippen LogP contribution in [0.2, 0.25) is 18.1 Å². The quantitative estimate of drug-likeness (QED) is 0.325. The summed E-state index contributed by atoms with van der Waals surface area (Å²) in [6.45, 7) is 14.8. The first-order valence-corrected chi connectivity index (χ1v) is 12.8. The number of hydrogen-bond acceptors (Lipinski definition) is 4. The highest BCUT2D eigenvalue weighted by molar-refractivity contribution is 7.91. The molecule has 0 aliphatic rings. The normalized spacial score (nSPS) is 15.1. The Morgan fingerprint density at radius 2 is 1.70 bits per heavy atom. The maximum atomic E-state index is 12.6. The van der Waals surface area contributed by atoms with Gasteiger partial charge in [-0.3, -0.25) is 0 Å². The Labute approximate surface area is 165 Å². The molecule has 0 aliphatic heterocycles. The summed E-state index contributed by atoms with van der Waals surface area (Å²) >= 11 is -1.44. The predicted molar refractivity (Wildman–Crippen MR) is 111 cm³/mol. The van der Waals surface area contributed by atoms with Crippen LogP contribution in [0.5, 0.6) is 11.5 Å². The van der Waals surface area contributed by atoms with Crippen molar-refractivity contribution in [3.63, 3.8) is 0 Å². The van der Waals surface area contributed by atoms with E-state index < -0.39 is 31.0 Å². The van der Waals surface area contributed by atoms with Gasteiger partial charge in [-0.15, -0.1) is 0 Å². The third kappa shape index (κ3) is 6.76. The summed E-state index contributed by atoms with van der Waals surface area (Å²) in [5.74, 6) is 0.444. The number of nitrogens with zero attached hydrogens (tertiary/aromatic N) is 1. The topological polar surface area (TPSA) is 53.9 Å². The Kier molecular flexibility index (Phi) is 7.52. The van der Waals surface area contributed by atoms with Crippen LogP contribution in [0.1, 0.15) is 54.0 Å². The van der Waals surface area contributed by atoms with Crippen molar-refractivity contribution in [2.45, 2.75) is 78.0 Å². The molecule has 0 aliphatic carbocycles. The molecule has 0 saturated heterocycles. The van der Waals surface area contributed by atoms with Crippen LogP contribution in [0, 0.1) is 0 Å². The molecule has 0 unspecified atom stereocenters. The van der Waals surface area contributed by atoms with Gasteiger partial charge in [-0.05, 0) is 58.0 Å². The highest BCUT2D eigenvalue weighted by atomic mass is 32.2. The van der Waals surface area contributed by atoms with E-state index in [1.165, 1.54) is 12.1 Å². The molecule has 0 amide bonds. The van der Waals surface area contributed by atoms with Gasteiger partial charge in [-0.1, -0.05) is 25.2 Å². The lowest BCUT2D eigenvalue weighted by Gasteiger charge is -2.37. The van der Waals surface area contributed by atoms with E-state index in [9.17, 15) is 13.3 Å². The first-order chi connectivity index (χ1) is 12.0. The van der Waals surface area contributed by atoms with Gasteiger partial charge < -0.3 is 13.7 Å². The van der Waals surface area contributed by atoms with Crippen molar-refractivity contribution in [2.75, 3.05) is 0 Å². The van der Waals surface area contributed by atoms with Crippen LogP contribution in [0.3, 0.4) is 0 Å². The number of benzene rings is 1. The number of hydrogen-bond donors (Lipinski definition) is 0. The van der Waals surface area contributed by atoms with E-state index >= 15 is 0 Å². The first-order valence-electron chi connectivity index (χ1n) is 8.80. The summed E-state index contributed by atoms with van der Waals surface area (Å²) in [5.41, 5.74) is 1.15. The van der Waals surface area contributed by atoms with E-state index in [-0.39, 0.29) is 10.8 Å². The molecular weight excluding hydrogens is 388 g/mol. The van der Waals surface area contributed by atoms with Crippen molar-refractivity contribution < 1.29 is 22.5 Å². The molecule has 0 saturated carbocycles. The molecule has 0 heterocycles. The zero-order chi connectivity index (χ0) is 21.2. The van der Waals surface area contributed by atoms with Crippen LogP contribution >= 0.6 is 0 Å². The molecule has 8 heteroatoms. The van der Waals surface area contributed by atoms with Crippen LogP contribution in [0.15, 0.2) is 22.6 Å². The first kappa shape index (κ1) is 23.9. The van der Waals surface area contributed by atoms with Crippen molar-refractivity contribution in [2.24, 2.45) is 4.40 Å². The van der Waals surface area contributed by atoms with Gasteiger partial charge in [-0.25, -0.2) is 0 Å². The molecule has 0 fully saturated rings. The van der Waals surface area contributed by atoms with Gasteiger partial charge in [0, 0.05) is 11.6 Å². The van der Waals surface area contributed by atoms with Gasteiger partial charge in [0.2, 0.25) is 0 Å². The Bertz CT molecular complexity index is 683. The van der Waals surface area contributed by atoms with Crippen LogP contribution in [-0.2, 0) is 11.4 Å². The minimum absolute atomic E-state index is 0.0206. The van der Waals surface area contributed by atoms with Crippen LogP contribution in [0.25, 0.3) is 0 Å². The lowest BCUT2D eigenvalue weighted by molar-refractivity contribution is -0.0499. The number of ether oxygens (including phenoxy) is 1. The average Bonchev–Trinajstić information content (AvgIpc) is 2.43. The fraction of sp³-hybridized carbons (Fsp3) is 0.632. The number of halogens is 2. The Morgan fingerprint density at radius 1 is 1.15 bits per heavy atom. The van der Waals surface area contributed by atoms with E-state index in [1.54, 1.807) is 13.0 Å². The second-order valence-electron chi connectivity index (χ2n) is 8.94. The third-order valence-corrected chi connectivity index (χ3v) is 10.3. The summed E-state index contributed by atoms with van der Waals surface area (Å²) in [7, 11) is -2.24. The molecule has 0 spiro atoms. The van der Waals surface area contributed by atoms with Crippen molar-refractivity contribution in [3.8, 4) is 11.5 Å². The second-order valence-corrected chi connectivity index (χ2v) is 15.6. The predicted octanol–water partition coefficient (Wildman–Crippen LogP) is 5.94. The third-order valence-electron chi connectivity index (χ3n) is 4.48. The average molecular weight is 420 g/mol. The van der Waals surface area contributed by atoms with Crippen molar-refractivity contribution >= 4 is 25.4 Å². The van der Waals surface area contributed by atoms with E-state index in [0.29, 0.717) is 17.0 Å². The fourth-order valence-electron chi connectivity index (χ4n) is 1.80. The minimum Gasteiger partial charge on any atom is -0.591 e. The lowest BCUT2D eigenvalue weighted by atomic mass is 10.1. The summed E-state index contributed by atoms with van der Waals surface area (Å²) in [6, 6.07) is 4.53. The van der Waals surface area contributed by atoms with Crippen molar-refractivity contribution in [3.05, 3.63) is 23.8 Å². The molecule has 27 heavy (non-hydrogen) atoms. The SMILES string of the molecule is C/C(=N\[S@@+]([O-])C(C)(C)C)c1ccc(OC(F)F)cc1O[Si](C)(C)C(C)(C)C. The van der Waals surface area contributed by atoms with E-state index in [1.807, 2.05) is 20.8 Å². The van der Waals surface area contributed by atoms with E-state index in [2.05, 4.69) is 43.0 Å². The van der Waals surface area contributed by atoms with Gasteiger partial charge in [0.25, 0.3) is 8.32 Å². The monoisotopic (exact) mass is 419 g/mol. The van der Waals surface area contributed by atoms with Gasteiger partial charge in [0.1, 0.15) is 27.6 Å². The van der Waals surface area contributed by atoms with Gasteiger partial charge >= 0.3 is 6.61 Å². The van der Waals surface area contributed by atoms with Crippen LogP contribution in [0.4, 0.5) is 8.78 Å². The summed E-state index contributed by atoms with van der Waals surface area (Å²) in [6.07, 6.45) is 0. The van der Waals surface area contributed by atoms with Crippen LogP contribution in [-0.4, -0.2) is 29.9 Å². The van der Waals surface area contributed by atoms with Crippen molar-refractivity contribution in [1.29, 1.82) is 0 Å². The molecule has 1 atom stereocenters. The van der Waals surface area contributed by atoms with Crippen LogP contribution < -0.4 is 9.16 Å². The highest BCUT2D eigenvalue weighted by Gasteiger charge is 2.39. The summed E-state index contributed by atoms with van der Waals surface area (Å²) in [4.78, 5) is 0. The maximum Gasteiger partial charge on any atom is 0.387 e. The zero-order valence-corrected chi connectivity index (χ0v) is 19.5. The molecule has 1 aromatic rings. The highest BCUT2D eigenvalue weighted by Crippen LogP contribution is 2.39. The van der Waals surface area contributed by atoms with Crippen molar-refractivity contribution in [1.82, 2.24) is 0 Å². The molecule has 0 aromatic heterocycles. The number of alkyl halides is 2. The number of rotatable bonds is 6. The maximum absolute atomic E-state index is 12.6. The second kappa shape index (κ2) is 8.49. The fourth-order valence-corrected chi connectivity index (χ4v) is 3.45. The van der Waals surface area contributed by atoms with Gasteiger partial charge in [0.15, 0.2) is 0 Å². The molecule has 0 bridgehead atoms. The minimum atomic E-state index is -2.92. The molecule has 0 radical (unpaired) electrons. The van der Waals surface area contributed by atoms with Gasteiger partial charge in [0.05, 0.1) is 5.71 Å². The Balaban J connectivity index is 3.40. The smallest absolute Gasteiger partial charge is 0.387 e. The zero-order valence-electron chi connectivity index (χ0n) is 17.6. The Morgan fingerprint density at radius 3 is 2.15 bits per heavy atom. The standard InChI is InChI=1S/C19H31F2NO3SSi/c1-13(22-26(23)18(2,3)4)15-11-10-14(24-17(20)21)12-16(15)25-27(8,9)19(5,6)7/h10-12,17H,1-9H3/b22-13+/t26-/m0/s1. The molecule has 1 aromatic carbocycles. The summed E-state index contributed by atoms with van der Waals surface area (Å²) in [5, 5.41) is -0.0802. The summed E-state index contributed by atoms with van der Waals surface area (Å²) < 4.78 is 52.3. The van der Waals surface area contributed by atoms with E-state index in [4.69, 9.17) is 4.43 Å². The molecule has 4 nitrogen and oxygen atoms in total. The van der Waals surface area contributed by atoms with E-state index in [0.717, 1.165) is 0 Å². The van der Waals surface area contributed by atoms with Gasteiger partial charge in [-0.2, -0.15) is 8.78 Å². The molecule has 154 valence electrons. The molecular formula is C19H31F2NO3SSi. The largest absolute Gasteiger partial charge is 0.591 e. The Hall–Kier alpha value is -1.12. The molecule has 1 rings (SSSR count). The lowest BCUT2D eigenvalue weighted by Crippen LogP contribution is -2.44.